The third kappa shape index (κ3) is 3.67. The van der Waals surface area contributed by atoms with Crippen molar-refractivity contribution in [2.75, 3.05) is 18.0 Å². The first kappa shape index (κ1) is 15.5. The summed E-state index contributed by atoms with van der Waals surface area (Å²) in [5, 5.41) is 3.17. The Bertz CT molecular complexity index is 659. The van der Waals surface area contributed by atoms with Crippen molar-refractivity contribution in [2.45, 2.75) is 32.2 Å². The van der Waals surface area contributed by atoms with E-state index >= 15 is 0 Å². The highest BCUT2D eigenvalue weighted by molar-refractivity contribution is 5.95. The summed E-state index contributed by atoms with van der Waals surface area (Å²) in [5.74, 6) is 0.753. The molecule has 1 saturated heterocycles. The molecule has 2 aromatic rings. The van der Waals surface area contributed by atoms with Crippen molar-refractivity contribution in [1.82, 2.24) is 15.3 Å². The van der Waals surface area contributed by atoms with Gasteiger partial charge in [-0.15, -0.1) is 0 Å². The maximum atomic E-state index is 12.6. The molecular weight excluding hydrogens is 288 g/mol. The quantitative estimate of drug-likeness (QED) is 0.942. The van der Waals surface area contributed by atoms with E-state index in [1.165, 1.54) is 0 Å². The Kier molecular flexibility index (Phi) is 4.86. The maximum absolute atomic E-state index is 12.6. The maximum Gasteiger partial charge on any atom is 0.251 e. The van der Waals surface area contributed by atoms with Gasteiger partial charge in [-0.2, -0.15) is 0 Å². The number of benzene rings is 1. The van der Waals surface area contributed by atoms with Gasteiger partial charge in [0, 0.05) is 37.1 Å². The normalized spacial score (nSPS) is 17.8. The third-order valence-electron chi connectivity index (χ3n) is 4.23. The number of anilines is 1. The number of carbonyl (C=O) groups is 1. The van der Waals surface area contributed by atoms with Crippen molar-refractivity contribution in [3.63, 3.8) is 0 Å². The van der Waals surface area contributed by atoms with Crippen molar-refractivity contribution < 1.29 is 4.79 Å². The number of rotatable bonds is 4. The Hall–Kier alpha value is -2.43. The Morgan fingerprint density at radius 1 is 1.26 bits per heavy atom. The molecule has 1 aromatic carbocycles. The summed E-state index contributed by atoms with van der Waals surface area (Å²) in [5.41, 5.74) is 1.87. The Morgan fingerprint density at radius 3 is 2.83 bits per heavy atom. The molecule has 1 aromatic heterocycles. The van der Waals surface area contributed by atoms with Crippen molar-refractivity contribution >= 4 is 11.9 Å². The van der Waals surface area contributed by atoms with E-state index in [9.17, 15) is 4.79 Å². The Labute approximate surface area is 136 Å². The van der Waals surface area contributed by atoms with Gasteiger partial charge in [-0.1, -0.05) is 25.1 Å². The topological polar surface area (TPSA) is 58.1 Å². The standard InChI is InChI=1S/C18H22N4O/c1-2-14-7-3-4-9-16(14)17(23)21-15-8-5-12-22(13-15)18-19-10-6-11-20-18/h3-4,6-7,9-11,15H,2,5,8,12-13H2,1H3,(H,21,23)/t15-/m1/s1. The zero-order chi connectivity index (χ0) is 16.1. The van der Waals surface area contributed by atoms with Crippen molar-refractivity contribution in [1.29, 1.82) is 0 Å². The summed E-state index contributed by atoms with van der Waals surface area (Å²) >= 11 is 0. The van der Waals surface area contributed by atoms with Crippen LogP contribution in [-0.4, -0.2) is 35.0 Å². The van der Waals surface area contributed by atoms with Crippen molar-refractivity contribution in [3.8, 4) is 0 Å². The van der Waals surface area contributed by atoms with Gasteiger partial charge in [0.15, 0.2) is 0 Å². The molecule has 0 saturated carbocycles. The number of piperidine rings is 1. The second kappa shape index (κ2) is 7.22. The molecule has 1 N–H and O–H groups in total. The minimum absolute atomic E-state index is 0.0169. The number of hydrogen-bond acceptors (Lipinski definition) is 4. The zero-order valence-corrected chi connectivity index (χ0v) is 13.4. The van der Waals surface area contributed by atoms with Gasteiger partial charge in [-0.05, 0) is 37.0 Å². The van der Waals surface area contributed by atoms with E-state index in [2.05, 4.69) is 27.1 Å². The molecule has 1 fully saturated rings. The number of carbonyl (C=O) groups excluding carboxylic acids is 1. The van der Waals surface area contributed by atoms with Crippen LogP contribution in [0.5, 0.6) is 0 Å². The first-order valence-electron chi connectivity index (χ1n) is 8.18. The molecule has 1 amide bonds. The molecule has 1 aliphatic heterocycles. The number of aromatic nitrogens is 2. The fourth-order valence-corrected chi connectivity index (χ4v) is 3.04. The lowest BCUT2D eigenvalue weighted by atomic mass is 10.0. The van der Waals surface area contributed by atoms with Crippen LogP contribution in [0.1, 0.15) is 35.7 Å². The minimum atomic E-state index is 0.0169. The van der Waals surface area contributed by atoms with Gasteiger partial charge >= 0.3 is 0 Å². The molecule has 0 unspecified atom stereocenters. The Balaban J connectivity index is 1.67. The zero-order valence-electron chi connectivity index (χ0n) is 13.4. The fraction of sp³-hybridized carbons (Fsp3) is 0.389. The summed E-state index contributed by atoms with van der Waals surface area (Å²) < 4.78 is 0. The summed E-state index contributed by atoms with van der Waals surface area (Å²) in [7, 11) is 0. The van der Waals surface area contributed by atoms with E-state index in [-0.39, 0.29) is 11.9 Å². The second-order valence-electron chi connectivity index (χ2n) is 5.82. The molecule has 1 aliphatic rings. The predicted octanol–water partition coefficient (Wildman–Crippen LogP) is 2.44. The molecule has 0 bridgehead atoms. The molecule has 0 aliphatic carbocycles. The average Bonchev–Trinajstić information content (AvgIpc) is 2.62. The van der Waals surface area contributed by atoms with Gasteiger partial charge in [0.2, 0.25) is 5.95 Å². The SMILES string of the molecule is CCc1ccccc1C(=O)N[C@@H]1CCCN(c2ncccn2)C1. The molecule has 3 rings (SSSR count). The molecular formula is C18H22N4O. The molecule has 120 valence electrons. The van der Waals surface area contributed by atoms with Crippen LogP contribution in [0.2, 0.25) is 0 Å². The molecule has 5 heteroatoms. The van der Waals surface area contributed by atoms with Crippen LogP contribution in [0.15, 0.2) is 42.7 Å². The summed E-state index contributed by atoms with van der Waals surface area (Å²) in [6.07, 6.45) is 6.38. The smallest absolute Gasteiger partial charge is 0.251 e. The molecule has 2 heterocycles. The van der Waals surface area contributed by atoms with E-state index in [1.807, 2.05) is 30.3 Å². The molecule has 5 nitrogen and oxygen atoms in total. The van der Waals surface area contributed by atoms with E-state index in [1.54, 1.807) is 12.4 Å². The van der Waals surface area contributed by atoms with Crippen LogP contribution in [0.25, 0.3) is 0 Å². The van der Waals surface area contributed by atoms with Crippen LogP contribution in [-0.2, 0) is 6.42 Å². The monoisotopic (exact) mass is 310 g/mol. The second-order valence-corrected chi connectivity index (χ2v) is 5.82. The Morgan fingerprint density at radius 2 is 2.04 bits per heavy atom. The number of hydrogen-bond donors (Lipinski definition) is 1. The highest BCUT2D eigenvalue weighted by Gasteiger charge is 2.23. The molecule has 1 atom stereocenters. The van der Waals surface area contributed by atoms with Gasteiger partial charge in [0.25, 0.3) is 5.91 Å². The van der Waals surface area contributed by atoms with Gasteiger partial charge < -0.3 is 10.2 Å². The molecule has 0 spiro atoms. The summed E-state index contributed by atoms with van der Waals surface area (Å²) in [6.45, 7) is 3.76. The van der Waals surface area contributed by atoms with Gasteiger partial charge in [0.1, 0.15) is 0 Å². The fourth-order valence-electron chi connectivity index (χ4n) is 3.04. The highest BCUT2D eigenvalue weighted by atomic mass is 16.1. The van der Waals surface area contributed by atoms with Crippen LogP contribution in [0, 0.1) is 0 Å². The van der Waals surface area contributed by atoms with E-state index in [4.69, 9.17) is 0 Å². The number of amides is 1. The predicted molar refractivity (Wildman–Crippen MR) is 90.6 cm³/mol. The van der Waals surface area contributed by atoms with Crippen molar-refractivity contribution in [2.24, 2.45) is 0 Å². The lowest BCUT2D eigenvalue weighted by molar-refractivity contribution is 0.0932. The average molecular weight is 310 g/mol. The van der Waals surface area contributed by atoms with Crippen LogP contribution < -0.4 is 10.2 Å². The number of nitrogens with one attached hydrogen (secondary N) is 1. The van der Waals surface area contributed by atoms with Crippen LogP contribution in [0.4, 0.5) is 5.95 Å². The lowest BCUT2D eigenvalue weighted by Gasteiger charge is -2.33. The largest absolute Gasteiger partial charge is 0.348 e. The van der Waals surface area contributed by atoms with Gasteiger partial charge in [-0.3, -0.25) is 4.79 Å². The van der Waals surface area contributed by atoms with E-state index in [0.29, 0.717) is 0 Å². The van der Waals surface area contributed by atoms with Gasteiger partial charge in [-0.25, -0.2) is 9.97 Å². The van der Waals surface area contributed by atoms with Crippen LogP contribution in [0.3, 0.4) is 0 Å². The minimum Gasteiger partial charge on any atom is -0.348 e. The first-order chi connectivity index (χ1) is 11.3. The summed E-state index contributed by atoms with van der Waals surface area (Å²) in [4.78, 5) is 23.3. The summed E-state index contributed by atoms with van der Waals surface area (Å²) in [6, 6.07) is 9.75. The van der Waals surface area contributed by atoms with E-state index in [0.717, 1.165) is 49.4 Å². The van der Waals surface area contributed by atoms with Crippen LogP contribution >= 0.6 is 0 Å². The first-order valence-corrected chi connectivity index (χ1v) is 8.18. The van der Waals surface area contributed by atoms with E-state index < -0.39 is 0 Å². The number of aryl methyl sites for hydroxylation is 1. The molecule has 0 radical (unpaired) electrons. The van der Waals surface area contributed by atoms with Gasteiger partial charge in [0.05, 0.1) is 0 Å². The third-order valence-corrected chi connectivity index (χ3v) is 4.23. The lowest BCUT2D eigenvalue weighted by Crippen LogP contribution is -2.48. The van der Waals surface area contributed by atoms with Crippen molar-refractivity contribution in [3.05, 3.63) is 53.9 Å². The number of nitrogens with zero attached hydrogens (tertiary/aromatic N) is 3. The highest BCUT2D eigenvalue weighted by Crippen LogP contribution is 2.16. The molecule has 23 heavy (non-hydrogen) atoms.